The van der Waals surface area contributed by atoms with Crippen LogP contribution in [0.4, 0.5) is 5.69 Å². The number of rotatable bonds is 5. The minimum atomic E-state index is -0.321. The SMILES string of the molecule is CC(C)Oc1ccccc1NC(=O)CC1(N)CCCC1. The molecule has 4 heteroatoms. The molecule has 0 aliphatic heterocycles. The molecule has 0 saturated heterocycles. The fourth-order valence-corrected chi connectivity index (χ4v) is 2.70. The maximum absolute atomic E-state index is 12.2. The number of para-hydroxylation sites is 2. The quantitative estimate of drug-likeness (QED) is 0.868. The summed E-state index contributed by atoms with van der Waals surface area (Å²) in [5.41, 5.74) is 6.63. The zero-order valence-corrected chi connectivity index (χ0v) is 12.3. The van der Waals surface area contributed by atoms with Gasteiger partial charge in [0.1, 0.15) is 5.75 Å². The molecule has 1 aromatic rings. The third kappa shape index (κ3) is 3.97. The molecular weight excluding hydrogens is 252 g/mol. The van der Waals surface area contributed by atoms with Gasteiger partial charge in [0.25, 0.3) is 0 Å². The van der Waals surface area contributed by atoms with Crippen molar-refractivity contribution in [2.75, 3.05) is 5.32 Å². The molecule has 1 fully saturated rings. The summed E-state index contributed by atoms with van der Waals surface area (Å²) < 4.78 is 5.70. The van der Waals surface area contributed by atoms with E-state index < -0.39 is 0 Å². The van der Waals surface area contributed by atoms with Crippen molar-refractivity contribution in [3.63, 3.8) is 0 Å². The van der Waals surface area contributed by atoms with Crippen molar-refractivity contribution >= 4 is 11.6 Å². The standard InChI is InChI=1S/C16H24N2O2/c1-12(2)20-14-8-4-3-7-13(14)18-15(19)11-16(17)9-5-6-10-16/h3-4,7-8,12H,5-6,9-11,17H2,1-2H3,(H,18,19). The fraction of sp³-hybridized carbons (Fsp3) is 0.562. The summed E-state index contributed by atoms with van der Waals surface area (Å²) >= 11 is 0. The Hall–Kier alpha value is -1.55. The van der Waals surface area contributed by atoms with Crippen LogP contribution in [-0.4, -0.2) is 17.6 Å². The highest BCUT2D eigenvalue weighted by atomic mass is 16.5. The summed E-state index contributed by atoms with van der Waals surface area (Å²) in [5, 5.41) is 2.92. The van der Waals surface area contributed by atoms with Gasteiger partial charge in [-0.05, 0) is 38.8 Å². The molecule has 0 unspecified atom stereocenters. The number of carbonyl (C=O) groups is 1. The topological polar surface area (TPSA) is 64.3 Å². The van der Waals surface area contributed by atoms with Crippen LogP contribution in [0.25, 0.3) is 0 Å². The Labute approximate surface area is 120 Å². The van der Waals surface area contributed by atoms with Gasteiger partial charge in [0, 0.05) is 12.0 Å². The molecule has 20 heavy (non-hydrogen) atoms. The monoisotopic (exact) mass is 276 g/mol. The van der Waals surface area contributed by atoms with Gasteiger partial charge in [0.15, 0.2) is 0 Å². The minimum Gasteiger partial charge on any atom is -0.489 e. The highest BCUT2D eigenvalue weighted by Crippen LogP contribution is 2.31. The summed E-state index contributed by atoms with van der Waals surface area (Å²) in [7, 11) is 0. The second kappa shape index (κ2) is 6.27. The van der Waals surface area contributed by atoms with Crippen molar-refractivity contribution in [3.8, 4) is 5.75 Å². The van der Waals surface area contributed by atoms with Crippen molar-refractivity contribution in [2.45, 2.75) is 57.6 Å². The number of benzene rings is 1. The van der Waals surface area contributed by atoms with Crippen LogP contribution in [0.15, 0.2) is 24.3 Å². The molecule has 0 heterocycles. The average molecular weight is 276 g/mol. The normalized spacial score (nSPS) is 17.2. The molecule has 0 spiro atoms. The molecular formula is C16H24N2O2. The highest BCUT2D eigenvalue weighted by molar-refractivity contribution is 5.93. The Bertz CT molecular complexity index is 465. The first-order chi connectivity index (χ1) is 9.48. The first-order valence-corrected chi connectivity index (χ1v) is 7.33. The number of ether oxygens (including phenoxy) is 1. The molecule has 1 saturated carbocycles. The van der Waals surface area contributed by atoms with Gasteiger partial charge in [0.05, 0.1) is 11.8 Å². The van der Waals surface area contributed by atoms with E-state index in [1.807, 2.05) is 38.1 Å². The Balaban J connectivity index is 2.00. The summed E-state index contributed by atoms with van der Waals surface area (Å²) in [5.74, 6) is 0.669. The van der Waals surface area contributed by atoms with Crippen LogP contribution < -0.4 is 15.8 Å². The lowest BCUT2D eigenvalue weighted by atomic mass is 9.94. The van der Waals surface area contributed by atoms with Crippen LogP contribution in [0.2, 0.25) is 0 Å². The maximum atomic E-state index is 12.2. The molecule has 110 valence electrons. The third-order valence-electron chi connectivity index (χ3n) is 3.64. The Kier molecular flexibility index (Phi) is 4.65. The number of nitrogens with two attached hydrogens (primary N) is 1. The van der Waals surface area contributed by atoms with E-state index >= 15 is 0 Å². The molecule has 0 aromatic heterocycles. The van der Waals surface area contributed by atoms with Crippen molar-refractivity contribution in [1.82, 2.24) is 0 Å². The molecule has 2 rings (SSSR count). The number of carbonyl (C=O) groups excluding carboxylic acids is 1. The van der Waals surface area contributed by atoms with Gasteiger partial charge in [-0.25, -0.2) is 0 Å². The third-order valence-corrected chi connectivity index (χ3v) is 3.64. The van der Waals surface area contributed by atoms with Crippen LogP contribution in [0.3, 0.4) is 0 Å². The van der Waals surface area contributed by atoms with Crippen LogP contribution in [-0.2, 0) is 4.79 Å². The van der Waals surface area contributed by atoms with E-state index in [-0.39, 0.29) is 17.6 Å². The molecule has 1 aromatic carbocycles. The van der Waals surface area contributed by atoms with E-state index in [1.165, 1.54) is 0 Å². The summed E-state index contributed by atoms with van der Waals surface area (Å²) in [6.07, 6.45) is 4.56. The van der Waals surface area contributed by atoms with Crippen LogP contribution >= 0.6 is 0 Å². The maximum Gasteiger partial charge on any atom is 0.226 e. The smallest absolute Gasteiger partial charge is 0.226 e. The van der Waals surface area contributed by atoms with Gasteiger partial charge in [0.2, 0.25) is 5.91 Å². The number of anilines is 1. The number of hydrogen-bond donors (Lipinski definition) is 2. The van der Waals surface area contributed by atoms with Crippen LogP contribution in [0.1, 0.15) is 46.0 Å². The van der Waals surface area contributed by atoms with Crippen LogP contribution in [0.5, 0.6) is 5.75 Å². The number of hydrogen-bond acceptors (Lipinski definition) is 3. The Morgan fingerprint density at radius 2 is 2.00 bits per heavy atom. The molecule has 0 atom stereocenters. The Morgan fingerprint density at radius 3 is 2.65 bits per heavy atom. The van der Waals surface area contributed by atoms with E-state index in [0.29, 0.717) is 17.9 Å². The van der Waals surface area contributed by atoms with E-state index in [2.05, 4.69) is 5.32 Å². The van der Waals surface area contributed by atoms with Crippen molar-refractivity contribution in [2.24, 2.45) is 5.73 Å². The first kappa shape index (κ1) is 14.9. The largest absolute Gasteiger partial charge is 0.489 e. The second-order valence-electron chi connectivity index (χ2n) is 5.96. The molecule has 3 N–H and O–H groups in total. The second-order valence-corrected chi connectivity index (χ2v) is 5.96. The van der Waals surface area contributed by atoms with E-state index in [4.69, 9.17) is 10.5 Å². The summed E-state index contributed by atoms with van der Waals surface area (Å²) in [4.78, 5) is 12.2. The number of amides is 1. The van der Waals surface area contributed by atoms with Crippen molar-refractivity contribution in [3.05, 3.63) is 24.3 Å². The lowest BCUT2D eigenvalue weighted by Crippen LogP contribution is -2.40. The predicted molar refractivity (Wildman–Crippen MR) is 80.8 cm³/mol. The molecule has 1 aliphatic carbocycles. The van der Waals surface area contributed by atoms with Gasteiger partial charge in [-0.2, -0.15) is 0 Å². The van der Waals surface area contributed by atoms with Gasteiger partial charge in [-0.3, -0.25) is 4.79 Å². The van der Waals surface area contributed by atoms with E-state index in [9.17, 15) is 4.79 Å². The molecule has 0 radical (unpaired) electrons. The van der Waals surface area contributed by atoms with Crippen molar-refractivity contribution < 1.29 is 9.53 Å². The average Bonchev–Trinajstić information content (AvgIpc) is 2.77. The molecule has 1 amide bonds. The van der Waals surface area contributed by atoms with Crippen molar-refractivity contribution in [1.29, 1.82) is 0 Å². The Morgan fingerprint density at radius 1 is 1.35 bits per heavy atom. The lowest BCUT2D eigenvalue weighted by molar-refractivity contribution is -0.117. The number of nitrogens with one attached hydrogen (secondary N) is 1. The minimum absolute atomic E-state index is 0.0331. The van der Waals surface area contributed by atoms with Gasteiger partial charge < -0.3 is 15.8 Å². The lowest BCUT2D eigenvalue weighted by Gasteiger charge is -2.23. The van der Waals surface area contributed by atoms with Crippen LogP contribution in [0, 0.1) is 0 Å². The summed E-state index contributed by atoms with van der Waals surface area (Å²) in [6, 6.07) is 7.50. The van der Waals surface area contributed by atoms with Gasteiger partial charge in [-0.15, -0.1) is 0 Å². The van der Waals surface area contributed by atoms with Gasteiger partial charge >= 0.3 is 0 Å². The fourth-order valence-electron chi connectivity index (χ4n) is 2.70. The molecule has 1 aliphatic rings. The highest BCUT2D eigenvalue weighted by Gasteiger charge is 2.31. The molecule has 4 nitrogen and oxygen atoms in total. The predicted octanol–water partition coefficient (Wildman–Crippen LogP) is 3.07. The zero-order valence-electron chi connectivity index (χ0n) is 12.3. The molecule has 0 bridgehead atoms. The first-order valence-electron chi connectivity index (χ1n) is 7.33. The van der Waals surface area contributed by atoms with Gasteiger partial charge in [-0.1, -0.05) is 25.0 Å². The van der Waals surface area contributed by atoms with E-state index in [0.717, 1.165) is 25.7 Å². The van der Waals surface area contributed by atoms with E-state index in [1.54, 1.807) is 0 Å². The summed E-state index contributed by atoms with van der Waals surface area (Å²) in [6.45, 7) is 3.93. The zero-order chi connectivity index (χ0) is 14.6.